The van der Waals surface area contributed by atoms with Crippen molar-refractivity contribution in [3.8, 4) is 0 Å². The second kappa shape index (κ2) is 4.17. The van der Waals surface area contributed by atoms with E-state index in [2.05, 4.69) is 24.5 Å². The predicted octanol–water partition coefficient (Wildman–Crippen LogP) is 1.10. The number of hydrogen-bond acceptors (Lipinski definition) is 2. The molecule has 14 heavy (non-hydrogen) atoms. The monoisotopic (exact) mass is 218 g/mol. The molecule has 4 nitrogen and oxygen atoms in total. The van der Waals surface area contributed by atoms with Gasteiger partial charge in [-0.15, -0.1) is 11.6 Å². The Morgan fingerprint density at radius 2 is 2.07 bits per heavy atom. The third-order valence-corrected chi connectivity index (χ3v) is 2.84. The molecule has 0 radical (unpaired) electrons. The van der Waals surface area contributed by atoms with Crippen LogP contribution in [-0.4, -0.2) is 24.4 Å². The Morgan fingerprint density at radius 1 is 1.50 bits per heavy atom. The van der Waals surface area contributed by atoms with Crippen LogP contribution in [0.2, 0.25) is 0 Å². The SMILES string of the molecule is CC1(C)CC1CNC(=O)NC(=O)CCl. The molecular weight excluding hydrogens is 204 g/mol. The predicted molar refractivity (Wildman–Crippen MR) is 54.1 cm³/mol. The van der Waals surface area contributed by atoms with Crippen molar-refractivity contribution in [1.29, 1.82) is 0 Å². The van der Waals surface area contributed by atoms with Gasteiger partial charge in [0.15, 0.2) is 0 Å². The highest BCUT2D eigenvalue weighted by atomic mass is 35.5. The quantitative estimate of drug-likeness (QED) is 0.697. The minimum Gasteiger partial charge on any atom is -0.337 e. The minimum atomic E-state index is -0.473. The van der Waals surface area contributed by atoms with E-state index in [-0.39, 0.29) is 5.88 Å². The average molecular weight is 219 g/mol. The van der Waals surface area contributed by atoms with Crippen LogP contribution in [0, 0.1) is 11.3 Å². The molecule has 0 spiro atoms. The van der Waals surface area contributed by atoms with Crippen LogP contribution in [0.1, 0.15) is 20.3 Å². The summed E-state index contributed by atoms with van der Waals surface area (Å²) in [6.07, 6.45) is 1.12. The number of halogens is 1. The molecule has 5 heteroatoms. The zero-order chi connectivity index (χ0) is 10.8. The number of hydrogen-bond donors (Lipinski definition) is 2. The highest BCUT2D eigenvalue weighted by Gasteiger charge is 2.45. The van der Waals surface area contributed by atoms with Crippen LogP contribution >= 0.6 is 11.6 Å². The van der Waals surface area contributed by atoms with Crippen molar-refractivity contribution < 1.29 is 9.59 Å². The summed E-state index contributed by atoms with van der Waals surface area (Å²) in [6.45, 7) is 4.93. The van der Waals surface area contributed by atoms with E-state index in [9.17, 15) is 9.59 Å². The molecule has 0 aromatic heterocycles. The maximum Gasteiger partial charge on any atom is 0.321 e. The molecule has 0 bridgehead atoms. The van der Waals surface area contributed by atoms with Gasteiger partial charge in [-0.05, 0) is 17.8 Å². The van der Waals surface area contributed by atoms with Gasteiger partial charge in [0.1, 0.15) is 5.88 Å². The van der Waals surface area contributed by atoms with Gasteiger partial charge in [-0.3, -0.25) is 10.1 Å². The molecule has 1 fully saturated rings. The van der Waals surface area contributed by atoms with Crippen molar-refractivity contribution in [1.82, 2.24) is 10.6 Å². The smallest absolute Gasteiger partial charge is 0.321 e. The first-order valence-corrected chi connectivity index (χ1v) is 5.13. The fourth-order valence-corrected chi connectivity index (χ4v) is 1.41. The Balaban J connectivity index is 2.13. The Labute approximate surface area is 88.4 Å². The van der Waals surface area contributed by atoms with Crippen LogP contribution in [0.15, 0.2) is 0 Å². The van der Waals surface area contributed by atoms with E-state index in [4.69, 9.17) is 11.6 Å². The maximum absolute atomic E-state index is 11.1. The minimum absolute atomic E-state index is 0.192. The summed E-state index contributed by atoms with van der Waals surface area (Å²) in [5, 5.41) is 4.76. The number of urea groups is 1. The fraction of sp³-hybridized carbons (Fsp3) is 0.778. The molecule has 1 saturated carbocycles. The molecule has 0 aromatic rings. The van der Waals surface area contributed by atoms with Crippen LogP contribution in [-0.2, 0) is 4.79 Å². The molecule has 2 N–H and O–H groups in total. The topological polar surface area (TPSA) is 58.2 Å². The average Bonchev–Trinajstić information content (AvgIpc) is 2.70. The van der Waals surface area contributed by atoms with Crippen molar-refractivity contribution in [2.45, 2.75) is 20.3 Å². The van der Waals surface area contributed by atoms with Gasteiger partial charge in [-0.1, -0.05) is 13.8 Å². The van der Waals surface area contributed by atoms with Gasteiger partial charge in [-0.25, -0.2) is 4.79 Å². The van der Waals surface area contributed by atoms with Crippen LogP contribution < -0.4 is 10.6 Å². The lowest BCUT2D eigenvalue weighted by atomic mass is 10.1. The number of rotatable bonds is 3. The van der Waals surface area contributed by atoms with Gasteiger partial charge in [0, 0.05) is 6.54 Å². The molecule has 3 amide bonds. The van der Waals surface area contributed by atoms with Crippen molar-refractivity contribution in [3.63, 3.8) is 0 Å². The summed E-state index contributed by atoms with van der Waals surface area (Å²) in [5.41, 5.74) is 0.337. The van der Waals surface area contributed by atoms with Crippen molar-refractivity contribution in [2.24, 2.45) is 11.3 Å². The van der Waals surface area contributed by atoms with Crippen LogP contribution in [0.25, 0.3) is 0 Å². The van der Waals surface area contributed by atoms with E-state index >= 15 is 0 Å². The Morgan fingerprint density at radius 3 is 2.50 bits per heavy atom. The van der Waals surface area contributed by atoms with Crippen LogP contribution in [0.5, 0.6) is 0 Å². The summed E-state index contributed by atoms with van der Waals surface area (Å²) in [6, 6.07) is -0.460. The molecule has 0 saturated heterocycles. The molecule has 1 unspecified atom stereocenters. The molecule has 0 aliphatic heterocycles. The van der Waals surface area contributed by atoms with E-state index in [1.165, 1.54) is 0 Å². The first-order chi connectivity index (χ1) is 6.45. The second-order valence-electron chi connectivity index (χ2n) is 4.28. The lowest BCUT2D eigenvalue weighted by Crippen LogP contribution is -2.41. The number of carbonyl (C=O) groups is 2. The number of carbonyl (C=O) groups excluding carboxylic acids is 2. The molecule has 0 aromatic carbocycles. The summed E-state index contributed by atoms with van der Waals surface area (Å²) in [7, 11) is 0. The second-order valence-corrected chi connectivity index (χ2v) is 4.55. The summed E-state index contributed by atoms with van der Waals surface area (Å²) >= 11 is 5.22. The van der Waals surface area contributed by atoms with E-state index in [0.29, 0.717) is 17.9 Å². The summed E-state index contributed by atoms with van der Waals surface area (Å²) < 4.78 is 0. The maximum atomic E-state index is 11.1. The number of alkyl halides is 1. The van der Waals surface area contributed by atoms with Gasteiger partial charge < -0.3 is 5.32 Å². The van der Waals surface area contributed by atoms with Gasteiger partial charge >= 0.3 is 6.03 Å². The molecule has 80 valence electrons. The van der Waals surface area contributed by atoms with E-state index in [1.807, 2.05) is 0 Å². The number of amides is 3. The first kappa shape index (κ1) is 11.3. The summed E-state index contributed by atoms with van der Waals surface area (Å²) in [4.78, 5) is 21.8. The molecule has 1 aliphatic carbocycles. The normalized spacial score (nSPS) is 22.6. The molecular formula is C9H15ClN2O2. The van der Waals surface area contributed by atoms with Crippen molar-refractivity contribution >= 4 is 23.5 Å². The van der Waals surface area contributed by atoms with Gasteiger partial charge in [-0.2, -0.15) is 0 Å². The highest BCUT2D eigenvalue weighted by molar-refractivity contribution is 6.28. The largest absolute Gasteiger partial charge is 0.337 e. The Kier molecular flexibility index (Phi) is 3.37. The van der Waals surface area contributed by atoms with Crippen molar-refractivity contribution in [3.05, 3.63) is 0 Å². The molecule has 0 heterocycles. The number of nitrogens with one attached hydrogen (secondary N) is 2. The third-order valence-electron chi connectivity index (χ3n) is 2.60. The standard InChI is InChI=1S/C9H15ClN2O2/c1-9(2)3-6(9)5-11-8(14)12-7(13)4-10/h6H,3-5H2,1-2H3,(H2,11,12,13,14). The van der Waals surface area contributed by atoms with E-state index in [1.54, 1.807) is 0 Å². The first-order valence-electron chi connectivity index (χ1n) is 4.59. The Bertz CT molecular complexity index is 253. The van der Waals surface area contributed by atoms with Crippen LogP contribution in [0.4, 0.5) is 4.79 Å². The molecule has 1 atom stereocenters. The third kappa shape index (κ3) is 3.18. The zero-order valence-corrected chi connectivity index (χ0v) is 9.15. The highest BCUT2D eigenvalue weighted by Crippen LogP contribution is 2.50. The fourth-order valence-electron chi connectivity index (χ4n) is 1.34. The lowest BCUT2D eigenvalue weighted by Gasteiger charge is -2.06. The van der Waals surface area contributed by atoms with E-state index in [0.717, 1.165) is 6.42 Å². The van der Waals surface area contributed by atoms with Gasteiger partial charge in [0.2, 0.25) is 5.91 Å². The molecule has 1 rings (SSSR count). The number of imide groups is 1. The van der Waals surface area contributed by atoms with Crippen molar-refractivity contribution in [2.75, 3.05) is 12.4 Å². The zero-order valence-electron chi connectivity index (χ0n) is 8.39. The van der Waals surface area contributed by atoms with Crippen LogP contribution in [0.3, 0.4) is 0 Å². The van der Waals surface area contributed by atoms with Gasteiger partial charge in [0.05, 0.1) is 0 Å². The Hall–Kier alpha value is -0.770. The summed E-state index contributed by atoms with van der Waals surface area (Å²) in [5.74, 6) is -0.138. The van der Waals surface area contributed by atoms with Gasteiger partial charge in [0.25, 0.3) is 0 Å². The lowest BCUT2D eigenvalue weighted by molar-refractivity contribution is -0.117. The van der Waals surface area contributed by atoms with E-state index < -0.39 is 11.9 Å². The molecule has 1 aliphatic rings.